The Bertz CT molecular complexity index is 640. The molecule has 0 saturated carbocycles. The highest BCUT2D eigenvalue weighted by Gasteiger charge is 2.14. The van der Waals surface area contributed by atoms with Gasteiger partial charge in [-0.1, -0.05) is 36.4 Å². The number of benzene rings is 2. The number of ether oxygens (including phenoxy) is 1. The van der Waals surface area contributed by atoms with E-state index in [0.717, 1.165) is 43.2 Å². The number of nitrogens with zero attached hydrogens (tertiary/aromatic N) is 1. The lowest BCUT2D eigenvalue weighted by molar-refractivity contribution is 0.122. The Morgan fingerprint density at radius 3 is 2.48 bits per heavy atom. The molecule has 2 N–H and O–H groups in total. The van der Waals surface area contributed by atoms with Gasteiger partial charge in [-0.05, 0) is 23.8 Å². The molecule has 2 aromatic rings. The zero-order chi connectivity index (χ0) is 15.9. The van der Waals surface area contributed by atoms with E-state index < -0.39 is 0 Å². The molecule has 0 radical (unpaired) electrons. The number of amides is 2. The number of rotatable bonds is 4. The fourth-order valence-electron chi connectivity index (χ4n) is 2.65. The van der Waals surface area contributed by atoms with E-state index in [4.69, 9.17) is 4.74 Å². The van der Waals surface area contributed by atoms with E-state index in [-0.39, 0.29) is 6.03 Å². The molecular formula is C18H21N3O2. The summed E-state index contributed by atoms with van der Waals surface area (Å²) >= 11 is 0. The number of urea groups is 1. The lowest BCUT2D eigenvalue weighted by Gasteiger charge is -2.30. The Kier molecular flexibility index (Phi) is 5.11. The highest BCUT2D eigenvalue weighted by Crippen LogP contribution is 2.21. The first-order valence-electron chi connectivity index (χ1n) is 7.83. The summed E-state index contributed by atoms with van der Waals surface area (Å²) in [6, 6.07) is 17.4. The maximum absolute atomic E-state index is 12.0. The van der Waals surface area contributed by atoms with Crippen molar-refractivity contribution in [3.05, 3.63) is 60.2 Å². The molecule has 2 aromatic carbocycles. The molecule has 3 rings (SSSR count). The van der Waals surface area contributed by atoms with Gasteiger partial charge in [-0.25, -0.2) is 4.79 Å². The molecule has 1 fully saturated rings. The average molecular weight is 311 g/mol. The fourth-order valence-corrected chi connectivity index (χ4v) is 2.65. The van der Waals surface area contributed by atoms with Gasteiger partial charge in [0.15, 0.2) is 0 Å². The predicted molar refractivity (Wildman–Crippen MR) is 91.8 cm³/mol. The van der Waals surface area contributed by atoms with Crippen molar-refractivity contribution in [1.82, 2.24) is 5.32 Å². The molecule has 0 unspecified atom stereocenters. The van der Waals surface area contributed by atoms with Gasteiger partial charge >= 0.3 is 6.03 Å². The third-order valence-electron chi connectivity index (χ3n) is 3.81. The summed E-state index contributed by atoms with van der Waals surface area (Å²) in [7, 11) is 0. The summed E-state index contributed by atoms with van der Waals surface area (Å²) < 4.78 is 5.40. The van der Waals surface area contributed by atoms with Gasteiger partial charge in [-0.3, -0.25) is 0 Å². The molecule has 0 atom stereocenters. The molecule has 23 heavy (non-hydrogen) atoms. The van der Waals surface area contributed by atoms with Crippen molar-refractivity contribution in [2.75, 3.05) is 36.5 Å². The molecule has 1 saturated heterocycles. The first-order valence-corrected chi connectivity index (χ1v) is 7.83. The molecule has 1 aliphatic heterocycles. The monoisotopic (exact) mass is 311 g/mol. The summed E-state index contributed by atoms with van der Waals surface area (Å²) in [4.78, 5) is 14.3. The Labute approximate surface area is 136 Å². The van der Waals surface area contributed by atoms with Crippen molar-refractivity contribution in [2.24, 2.45) is 0 Å². The zero-order valence-electron chi connectivity index (χ0n) is 13.0. The van der Waals surface area contributed by atoms with Crippen LogP contribution in [0.4, 0.5) is 16.2 Å². The van der Waals surface area contributed by atoms with Crippen molar-refractivity contribution in [3.8, 4) is 0 Å². The normalized spacial score (nSPS) is 14.3. The van der Waals surface area contributed by atoms with Crippen molar-refractivity contribution in [3.63, 3.8) is 0 Å². The standard InChI is InChI=1S/C18H21N3O2/c22-18(20-16-7-2-1-3-8-16)19-14-15-6-4-5-9-17(15)21-10-12-23-13-11-21/h1-9H,10-14H2,(H2,19,20,22). The topological polar surface area (TPSA) is 53.6 Å². The van der Waals surface area contributed by atoms with E-state index in [1.54, 1.807) is 0 Å². The smallest absolute Gasteiger partial charge is 0.319 e. The van der Waals surface area contributed by atoms with E-state index in [9.17, 15) is 4.79 Å². The largest absolute Gasteiger partial charge is 0.378 e. The fraction of sp³-hybridized carbons (Fsp3) is 0.278. The van der Waals surface area contributed by atoms with Crippen molar-refractivity contribution in [2.45, 2.75) is 6.54 Å². The summed E-state index contributed by atoms with van der Waals surface area (Å²) in [6.07, 6.45) is 0. The second kappa shape index (κ2) is 7.65. The molecule has 0 aromatic heterocycles. The number of hydrogen-bond acceptors (Lipinski definition) is 3. The Hall–Kier alpha value is -2.53. The van der Waals surface area contributed by atoms with E-state index in [1.165, 1.54) is 0 Å². The lowest BCUT2D eigenvalue weighted by Crippen LogP contribution is -2.37. The van der Waals surface area contributed by atoms with Crippen LogP contribution in [0, 0.1) is 0 Å². The molecule has 1 aliphatic rings. The molecule has 2 amide bonds. The van der Waals surface area contributed by atoms with Crippen LogP contribution in [-0.2, 0) is 11.3 Å². The highest BCUT2D eigenvalue weighted by atomic mass is 16.5. The summed E-state index contributed by atoms with van der Waals surface area (Å²) in [6.45, 7) is 3.75. The van der Waals surface area contributed by atoms with Gasteiger partial charge in [0, 0.05) is 31.0 Å². The van der Waals surface area contributed by atoms with Crippen LogP contribution in [0.3, 0.4) is 0 Å². The average Bonchev–Trinajstić information content (AvgIpc) is 2.62. The summed E-state index contributed by atoms with van der Waals surface area (Å²) in [5.74, 6) is 0. The highest BCUT2D eigenvalue weighted by molar-refractivity contribution is 5.89. The lowest BCUT2D eigenvalue weighted by atomic mass is 10.1. The van der Waals surface area contributed by atoms with Gasteiger partial charge in [-0.15, -0.1) is 0 Å². The molecule has 120 valence electrons. The van der Waals surface area contributed by atoms with Crippen LogP contribution < -0.4 is 15.5 Å². The predicted octanol–water partition coefficient (Wildman–Crippen LogP) is 2.84. The number of carbonyl (C=O) groups is 1. The van der Waals surface area contributed by atoms with Crippen LogP contribution in [0.15, 0.2) is 54.6 Å². The van der Waals surface area contributed by atoms with Crippen LogP contribution in [-0.4, -0.2) is 32.3 Å². The first kappa shape index (κ1) is 15.4. The quantitative estimate of drug-likeness (QED) is 0.913. The molecule has 1 heterocycles. The Balaban J connectivity index is 1.60. The number of carbonyl (C=O) groups excluding carboxylic acids is 1. The van der Waals surface area contributed by atoms with Crippen molar-refractivity contribution >= 4 is 17.4 Å². The molecule has 0 aliphatic carbocycles. The van der Waals surface area contributed by atoms with E-state index in [2.05, 4.69) is 21.6 Å². The number of anilines is 2. The van der Waals surface area contributed by atoms with Crippen LogP contribution in [0.1, 0.15) is 5.56 Å². The van der Waals surface area contributed by atoms with Crippen LogP contribution in [0.25, 0.3) is 0 Å². The number of para-hydroxylation sites is 2. The van der Waals surface area contributed by atoms with Crippen LogP contribution >= 0.6 is 0 Å². The molecule has 0 bridgehead atoms. The molecular weight excluding hydrogens is 290 g/mol. The minimum atomic E-state index is -0.201. The first-order chi connectivity index (χ1) is 11.3. The second-order valence-corrected chi connectivity index (χ2v) is 5.40. The maximum atomic E-state index is 12.0. The minimum absolute atomic E-state index is 0.201. The Morgan fingerprint density at radius 1 is 1.00 bits per heavy atom. The van der Waals surface area contributed by atoms with Crippen LogP contribution in [0.5, 0.6) is 0 Å². The Morgan fingerprint density at radius 2 is 1.70 bits per heavy atom. The van der Waals surface area contributed by atoms with Gasteiger partial charge in [0.25, 0.3) is 0 Å². The van der Waals surface area contributed by atoms with Crippen molar-refractivity contribution in [1.29, 1.82) is 0 Å². The third kappa shape index (κ3) is 4.23. The number of hydrogen-bond donors (Lipinski definition) is 2. The van der Waals surface area contributed by atoms with Gasteiger partial charge in [0.1, 0.15) is 0 Å². The van der Waals surface area contributed by atoms with E-state index >= 15 is 0 Å². The third-order valence-corrected chi connectivity index (χ3v) is 3.81. The zero-order valence-corrected chi connectivity index (χ0v) is 13.0. The summed E-state index contributed by atoms with van der Waals surface area (Å²) in [5, 5.41) is 5.75. The molecule has 5 heteroatoms. The molecule has 5 nitrogen and oxygen atoms in total. The van der Waals surface area contributed by atoms with Gasteiger partial charge in [0.05, 0.1) is 13.2 Å². The van der Waals surface area contributed by atoms with E-state index in [0.29, 0.717) is 6.54 Å². The second-order valence-electron chi connectivity index (χ2n) is 5.40. The van der Waals surface area contributed by atoms with Crippen LogP contribution in [0.2, 0.25) is 0 Å². The number of morpholine rings is 1. The number of nitrogens with one attached hydrogen (secondary N) is 2. The maximum Gasteiger partial charge on any atom is 0.319 e. The molecule has 0 spiro atoms. The van der Waals surface area contributed by atoms with Crippen molar-refractivity contribution < 1.29 is 9.53 Å². The van der Waals surface area contributed by atoms with Gasteiger partial charge in [0.2, 0.25) is 0 Å². The van der Waals surface area contributed by atoms with Gasteiger partial charge in [-0.2, -0.15) is 0 Å². The SMILES string of the molecule is O=C(NCc1ccccc1N1CCOCC1)Nc1ccccc1. The van der Waals surface area contributed by atoms with Gasteiger partial charge < -0.3 is 20.3 Å². The van der Waals surface area contributed by atoms with E-state index in [1.807, 2.05) is 48.5 Å². The summed E-state index contributed by atoms with van der Waals surface area (Å²) in [5.41, 5.74) is 3.06. The minimum Gasteiger partial charge on any atom is -0.378 e.